The van der Waals surface area contributed by atoms with Crippen LogP contribution in [0.15, 0.2) is 6.07 Å². The summed E-state index contributed by atoms with van der Waals surface area (Å²) >= 11 is 0. The zero-order valence-electron chi connectivity index (χ0n) is 9.22. The van der Waals surface area contributed by atoms with Crippen LogP contribution in [0.2, 0.25) is 0 Å². The first-order valence-corrected chi connectivity index (χ1v) is 5.04. The highest BCUT2D eigenvalue weighted by Crippen LogP contribution is 2.18. The largest absolute Gasteiger partial charge is 0.391 e. The Morgan fingerprint density at radius 3 is 2.56 bits per heavy atom. The van der Waals surface area contributed by atoms with Crippen molar-refractivity contribution >= 4 is 11.6 Å². The highest BCUT2D eigenvalue weighted by atomic mass is 19.1. The van der Waals surface area contributed by atoms with E-state index in [1.165, 1.54) is 7.05 Å². The molecule has 0 aliphatic carbocycles. The lowest BCUT2D eigenvalue weighted by atomic mass is 10.3. The fraction of sp³-hybridized carbons (Fsp3) is 0.500. The Balaban J connectivity index is 2.79. The number of aromatic nitrogens is 1. The van der Waals surface area contributed by atoms with E-state index in [9.17, 15) is 13.9 Å². The molecule has 0 saturated carbocycles. The molecule has 0 saturated heterocycles. The Hall–Kier alpha value is -1.43. The summed E-state index contributed by atoms with van der Waals surface area (Å²) < 4.78 is 26.3. The van der Waals surface area contributed by atoms with Gasteiger partial charge in [0.15, 0.2) is 23.3 Å². The average molecular weight is 231 g/mol. The summed E-state index contributed by atoms with van der Waals surface area (Å²) in [6.45, 7) is 1.98. The molecule has 0 fully saturated rings. The lowest BCUT2D eigenvalue weighted by Gasteiger charge is -2.12. The van der Waals surface area contributed by atoms with E-state index >= 15 is 0 Å². The maximum Gasteiger partial charge on any atom is 0.168 e. The number of nitrogens with one attached hydrogen (secondary N) is 2. The van der Waals surface area contributed by atoms with Crippen molar-refractivity contribution in [3.8, 4) is 0 Å². The number of aliphatic hydroxyl groups excluding tert-OH is 1. The van der Waals surface area contributed by atoms with Crippen LogP contribution >= 0.6 is 0 Å². The molecule has 3 N–H and O–H groups in total. The normalized spacial score (nSPS) is 12.3. The van der Waals surface area contributed by atoms with E-state index in [1.54, 1.807) is 6.92 Å². The molecule has 0 aliphatic heterocycles. The maximum absolute atomic E-state index is 13.2. The summed E-state index contributed by atoms with van der Waals surface area (Å²) in [7, 11) is 1.49. The Bertz CT molecular complexity index is 360. The zero-order chi connectivity index (χ0) is 12.1. The van der Waals surface area contributed by atoms with Gasteiger partial charge in [0.2, 0.25) is 0 Å². The molecule has 4 nitrogen and oxygen atoms in total. The van der Waals surface area contributed by atoms with Crippen LogP contribution in [0.25, 0.3) is 0 Å². The fourth-order valence-electron chi connectivity index (χ4n) is 1.12. The van der Waals surface area contributed by atoms with Crippen LogP contribution in [0.3, 0.4) is 0 Å². The summed E-state index contributed by atoms with van der Waals surface area (Å²) in [5.74, 6) is -1.63. The second-order valence-corrected chi connectivity index (χ2v) is 3.34. The number of anilines is 2. The fourth-order valence-corrected chi connectivity index (χ4v) is 1.12. The number of aliphatic hydroxyl groups is 1. The second kappa shape index (κ2) is 5.60. The molecule has 16 heavy (non-hydrogen) atoms. The van der Waals surface area contributed by atoms with Crippen molar-refractivity contribution < 1.29 is 13.9 Å². The van der Waals surface area contributed by atoms with Crippen molar-refractivity contribution in [2.75, 3.05) is 24.2 Å². The molecular weight excluding hydrogens is 216 g/mol. The molecule has 0 aromatic carbocycles. The third-order valence-electron chi connectivity index (χ3n) is 2.14. The van der Waals surface area contributed by atoms with E-state index < -0.39 is 17.7 Å². The van der Waals surface area contributed by atoms with Crippen molar-refractivity contribution in [2.24, 2.45) is 0 Å². The van der Waals surface area contributed by atoms with E-state index in [-0.39, 0.29) is 18.2 Å². The average Bonchev–Trinajstić information content (AvgIpc) is 2.27. The Morgan fingerprint density at radius 2 is 2.00 bits per heavy atom. The lowest BCUT2D eigenvalue weighted by molar-refractivity contribution is 0.183. The minimum absolute atomic E-state index is 0.0325. The Morgan fingerprint density at radius 1 is 1.38 bits per heavy atom. The molecule has 1 unspecified atom stereocenters. The van der Waals surface area contributed by atoms with Crippen molar-refractivity contribution in [1.82, 2.24) is 4.98 Å². The molecule has 0 aliphatic rings. The minimum Gasteiger partial charge on any atom is -0.391 e. The first-order valence-electron chi connectivity index (χ1n) is 5.04. The molecule has 0 amide bonds. The van der Waals surface area contributed by atoms with Gasteiger partial charge in [-0.15, -0.1) is 0 Å². The standard InChI is InChI=1S/C10H15F2N3O/c1-3-6(16)5-14-10-8(12)4-7(11)9(13-2)15-10/h4,6,16H,3,5H2,1-2H3,(H2,13,14,15). The van der Waals surface area contributed by atoms with Crippen LogP contribution in [0.4, 0.5) is 20.4 Å². The van der Waals surface area contributed by atoms with Gasteiger partial charge < -0.3 is 15.7 Å². The van der Waals surface area contributed by atoms with Crippen molar-refractivity contribution in [2.45, 2.75) is 19.4 Å². The third kappa shape index (κ3) is 3.03. The van der Waals surface area contributed by atoms with Gasteiger partial charge in [0, 0.05) is 19.7 Å². The summed E-state index contributed by atoms with van der Waals surface area (Å²) in [6.07, 6.45) is -0.0291. The monoisotopic (exact) mass is 231 g/mol. The molecule has 1 heterocycles. The van der Waals surface area contributed by atoms with E-state index in [4.69, 9.17) is 0 Å². The van der Waals surface area contributed by atoms with E-state index in [2.05, 4.69) is 15.6 Å². The van der Waals surface area contributed by atoms with Gasteiger partial charge in [-0.25, -0.2) is 13.8 Å². The minimum atomic E-state index is -0.778. The zero-order valence-corrected chi connectivity index (χ0v) is 9.22. The lowest BCUT2D eigenvalue weighted by Crippen LogP contribution is -2.19. The van der Waals surface area contributed by atoms with Crippen LogP contribution in [-0.4, -0.2) is 29.8 Å². The van der Waals surface area contributed by atoms with Crippen molar-refractivity contribution in [3.05, 3.63) is 17.7 Å². The predicted octanol–water partition coefficient (Wildman–Crippen LogP) is 1.58. The first kappa shape index (κ1) is 12.6. The van der Waals surface area contributed by atoms with Gasteiger partial charge in [-0.05, 0) is 6.42 Å². The molecule has 0 bridgehead atoms. The molecule has 0 spiro atoms. The third-order valence-corrected chi connectivity index (χ3v) is 2.14. The van der Waals surface area contributed by atoms with Gasteiger partial charge in [-0.2, -0.15) is 0 Å². The summed E-state index contributed by atoms with van der Waals surface area (Å²) in [5, 5.41) is 14.4. The quantitative estimate of drug-likeness (QED) is 0.720. The van der Waals surface area contributed by atoms with E-state index in [0.717, 1.165) is 6.07 Å². The first-order chi connectivity index (χ1) is 7.58. The molecule has 1 atom stereocenters. The number of nitrogens with zero attached hydrogens (tertiary/aromatic N) is 1. The molecular formula is C10H15F2N3O. The summed E-state index contributed by atoms with van der Waals surface area (Å²) in [5.41, 5.74) is 0. The van der Waals surface area contributed by atoms with Crippen molar-refractivity contribution in [3.63, 3.8) is 0 Å². The van der Waals surface area contributed by atoms with Gasteiger partial charge in [0.1, 0.15) is 0 Å². The van der Waals surface area contributed by atoms with Crippen LogP contribution in [-0.2, 0) is 0 Å². The van der Waals surface area contributed by atoms with Crippen LogP contribution in [0, 0.1) is 11.6 Å². The van der Waals surface area contributed by atoms with Gasteiger partial charge in [0.05, 0.1) is 6.10 Å². The van der Waals surface area contributed by atoms with Crippen LogP contribution < -0.4 is 10.6 Å². The number of pyridine rings is 1. The SMILES string of the molecule is CCC(O)CNc1nc(NC)c(F)cc1F. The summed E-state index contributed by atoms with van der Waals surface area (Å²) in [4.78, 5) is 3.71. The molecule has 0 radical (unpaired) electrons. The smallest absolute Gasteiger partial charge is 0.168 e. The maximum atomic E-state index is 13.2. The Kier molecular flexibility index (Phi) is 4.42. The van der Waals surface area contributed by atoms with Gasteiger partial charge in [-0.1, -0.05) is 6.92 Å². The molecule has 1 aromatic rings. The van der Waals surface area contributed by atoms with Gasteiger partial charge in [0.25, 0.3) is 0 Å². The van der Waals surface area contributed by atoms with Crippen LogP contribution in [0.5, 0.6) is 0 Å². The number of hydrogen-bond donors (Lipinski definition) is 3. The van der Waals surface area contributed by atoms with Crippen molar-refractivity contribution in [1.29, 1.82) is 0 Å². The summed E-state index contributed by atoms with van der Waals surface area (Å²) in [6, 6.07) is 0.749. The predicted molar refractivity (Wildman–Crippen MR) is 58.5 cm³/mol. The molecule has 6 heteroatoms. The molecule has 1 aromatic heterocycles. The molecule has 1 rings (SSSR count). The van der Waals surface area contributed by atoms with E-state index in [1.807, 2.05) is 0 Å². The van der Waals surface area contributed by atoms with Crippen LogP contribution in [0.1, 0.15) is 13.3 Å². The second-order valence-electron chi connectivity index (χ2n) is 3.34. The Labute approximate surface area is 92.7 Å². The van der Waals surface area contributed by atoms with Gasteiger partial charge in [-0.3, -0.25) is 0 Å². The van der Waals surface area contributed by atoms with Gasteiger partial charge >= 0.3 is 0 Å². The number of rotatable bonds is 5. The topological polar surface area (TPSA) is 57.2 Å². The highest BCUT2D eigenvalue weighted by Gasteiger charge is 2.11. The number of halogens is 2. The number of hydrogen-bond acceptors (Lipinski definition) is 4. The highest BCUT2D eigenvalue weighted by molar-refractivity contribution is 5.47. The van der Waals surface area contributed by atoms with E-state index in [0.29, 0.717) is 6.42 Å². The molecule has 90 valence electrons.